The molecule has 0 atom stereocenters. The number of hydrogen-bond acceptors (Lipinski definition) is 6. The van der Waals surface area contributed by atoms with Gasteiger partial charge in [0.25, 0.3) is 0 Å². The number of carbonyl (C=O) groups is 3. The van der Waals surface area contributed by atoms with Gasteiger partial charge in [0.2, 0.25) is 0 Å². The molecule has 0 amide bonds. The zero-order chi connectivity index (χ0) is 14.4. The number of ether oxygens (including phenoxy) is 1. The first-order valence-corrected chi connectivity index (χ1v) is 5.31. The van der Waals surface area contributed by atoms with Crippen molar-refractivity contribution in [3.63, 3.8) is 0 Å². The third kappa shape index (κ3) is 3.67. The highest BCUT2D eigenvalue weighted by atomic mass is 16.5. The van der Waals surface area contributed by atoms with E-state index in [4.69, 9.17) is 4.74 Å². The maximum absolute atomic E-state index is 11.0. The van der Waals surface area contributed by atoms with Gasteiger partial charge in [0.05, 0.1) is 18.5 Å². The summed E-state index contributed by atoms with van der Waals surface area (Å²) in [6.45, 7) is 3.11. The molecule has 6 heteroatoms. The van der Waals surface area contributed by atoms with Crippen LogP contribution in [-0.4, -0.2) is 24.5 Å². The predicted octanol–water partition coefficient (Wildman–Crippen LogP) is -1.31. The minimum atomic E-state index is -1.62. The summed E-state index contributed by atoms with van der Waals surface area (Å²) in [5.41, 5.74) is -0.733. The Kier molecular flexibility index (Phi) is 4.82. The molecule has 1 aromatic rings. The monoisotopic (exact) mass is 262 g/mol. The number of carbonyl (C=O) groups excluding carboxylic acids is 3. The Morgan fingerprint density at radius 2 is 1.89 bits per heavy atom. The van der Waals surface area contributed by atoms with Crippen LogP contribution in [0.5, 0.6) is 0 Å². The van der Waals surface area contributed by atoms with Crippen LogP contribution >= 0.6 is 0 Å². The zero-order valence-electron chi connectivity index (χ0n) is 9.88. The first kappa shape index (κ1) is 14.4. The van der Waals surface area contributed by atoms with Crippen molar-refractivity contribution in [2.75, 3.05) is 6.61 Å². The fourth-order valence-corrected chi connectivity index (χ4v) is 1.54. The van der Waals surface area contributed by atoms with Crippen LogP contribution in [0.25, 0.3) is 0 Å². The summed E-state index contributed by atoms with van der Waals surface area (Å²) in [6.07, 6.45) is 1.02. The van der Waals surface area contributed by atoms with Gasteiger partial charge in [-0.3, -0.25) is 0 Å². The van der Waals surface area contributed by atoms with Crippen LogP contribution in [0.15, 0.2) is 30.9 Å². The summed E-state index contributed by atoms with van der Waals surface area (Å²) in [5.74, 6) is -3.87. The van der Waals surface area contributed by atoms with E-state index >= 15 is 0 Å². The van der Waals surface area contributed by atoms with E-state index in [1.165, 1.54) is 12.1 Å². The molecule has 1 rings (SSSR count). The van der Waals surface area contributed by atoms with E-state index in [2.05, 4.69) is 6.58 Å². The predicted molar refractivity (Wildman–Crippen MR) is 60.0 cm³/mol. The molecule has 0 N–H and O–H groups in total. The van der Waals surface area contributed by atoms with Gasteiger partial charge in [0.1, 0.15) is 0 Å². The molecule has 0 aliphatic rings. The smallest absolute Gasteiger partial charge is 0.330 e. The molecule has 0 aliphatic heterocycles. The van der Waals surface area contributed by atoms with Gasteiger partial charge in [0.15, 0.2) is 0 Å². The lowest BCUT2D eigenvalue weighted by Crippen LogP contribution is -2.31. The van der Waals surface area contributed by atoms with Gasteiger partial charge in [-0.1, -0.05) is 24.8 Å². The van der Waals surface area contributed by atoms with E-state index in [1.54, 1.807) is 0 Å². The SMILES string of the molecule is C=CC(=O)OCCc1cccc(C(=O)[O-])c1C(=O)[O-]. The number of hydrogen-bond donors (Lipinski definition) is 0. The van der Waals surface area contributed by atoms with Crippen molar-refractivity contribution >= 4 is 17.9 Å². The average Bonchev–Trinajstić information content (AvgIpc) is 2.37. The van der Waals surface area contributed by atoms with Crippen molar-refractivity contribution in [2.24, 2.45) is 0 Å². The lowest BCUT2D eigenvalue weighted by Gasteiger charge is -2.16. The second kappa shape index (κ2) is 6.34. The molecule has 19 heavy (non-hydrogen) atoms. The second-order valence-electron chi connectivity index (χ2n) is 3.54. The van der Waals surface area contributed by atoms with E-state index in [1.807, 2.05) is 0 Å². The highest BCUT2D eigenvalue weighted by Gasteiger charge is 2.10. The highest BCUT2D eigenvalue weighted by Crippen LogP contribution is 2.14. The van der Waals surface area contributed by atoms with Crippen LogP contribution in [0.1, 0.15) is 26.3 Å². The van der Waals surface area contributed by atoms with Gasteiger partial charge in [-0.05, 0) is 5.56 Å². The van der Waals surface area contributed by atoms with Gasteiger partial charge in [-0.2, -0.15) is 0 Å². The van der Waals surface area contributed by atoms with E-state index in [0.717, 1.165) is 12.1 Å². The van der Waals surface area contributed by atoms with Gasteiger partial charge in [-0.15, -0.1) is 0 Å². The molecule has 1 aromatic carbocycles. The largest absolute Gasteiger partial charge is 0.545 e. The molecule has 0 bridgehead atoms. The molecule has 0 aromatic heterocycles. The van der Waals surface area contributed by atoms with Gasteiger partial charge < -0.3 is 24.5 Å². The maximum atomic E-state index is 11.0. The summed E-state index contributed by atoms with van der Waals surface area (Å²) in [5, 5.41) is 21.8. The Morgan fingerprint density at radius 1 is 1.21 bits per heavy atom. The van der Waals surface area contributed by atoms with Gasteiger partial charge in [0, 0.05) is 23.6 Å². The third-order valence-electron chi connectivity index (χ3n) is 2.36. The Bertz CT molecular complexity index is 532. The lowest BCUT2D eigenvalue weighted by molar-refractivity contribution is -0.259. The fourth-order valence-electron chi connectivity index (χ4n) is 1.54. The van der Waals surface area contributed by atoms with E-state index < -0.39 is 29.0 Å². The number of carboxylic acid groups (broad SMARTS) is 2. The summed E-state index contributed by atoms with van der Waals surface area (Å²) >= 11 is 0. The van der Waals surface area contributed by atoms with Gasteiger partial charge >= 0.3 is 5.97 Å². The van der Waals surface area contributed by atoms with Crippen molar-refractivity contribution in [3.8, 4) is 0 Å². The molecule has 6 nitrogen and oxygen atoms in total. The van der Waals surface area contributed by atoms with Crippen LogP contribution in [0.4, 0.5) is 0 Å². The lowest BCUT2D eigenvalue weighted by atomic mass is 9.99. The second-order valence-corrected chi connectivity index (χ2v) is 3.54. The normalized spacial score (nSPS) is 9.68. The molecule has 0 aliphatic carbocycles. The fraction of sp³-hybridized carbons (Fsp3) is 0.154. The first-order valence-electron chi connectivity index (χ1n) is 5.31. The Hall–Kier alpha value is -2.63. The van der Waals surface area contributed by atoms with Crippen LogP contribution in [0.3, 0.4) is 0 Å². The molecule has 0 radical (unpaired) electrons. The van der Waals surface area contributed by atoms with E-state index in [9.17, 15) is 24.6 Å². The molecule has 0 heterocycles. The van der Waals surface area contributed by atoms with Crippen molar-refractivity contribution in [1.29, 1.82) is 0 Å². The van der Waals surface area contributed by atoms with Crippen LogP contribution in [0, 0.1) is 0 Å². The number of benzene rings is 1. The topological polar surface area (TPSA) is 107 Å². The zero-order valence-corrected chi connectivity index (χ0v) is 9.88. The van der Waals surface area contributed by atoms with Crippen molar-refractivity contribution in [1.82, 2.24) is 0 Å². The molecule has 0 fully saturated rings. The third-order valence-corrected chi connectivity index (χ3v) is 2.36. The molecule has 0 spiro atoms. The summed E-state index contributed by atoms with van der Waals surface area (Å²) in [7, 11) is 0. The molecule has 0 saturated carbocycles. The Morgan fingerprint density at radius 3 is 2.42 bits per heavy atom. The number of aromatic carboxylic acids is 2. The van der Waals surface area contributed by atoms with Crippen LogP contribution in [0.2, 0.25) is 0 Å². The van der Waals surface area contributed by atoms with Crippen LogP contribution < -0.4 is 10.2 Å². The summed E-state index contributed by atoms with van der Waals surface area (Å²) < 4.78 is 4.70. The molecule has 100 valence electrons. The Balaban J connectivity index is 2.97. The summed E-state index contributed by atoms with van der Waals surface area (Å²) in [6, 6.07) is 3.90. The average molecular weight is 262 g/mol. The van der Waals surface area contributed by atoms with Crippen molar-refractivity contribution in [3.05, 3.63) is 47.5 Å². The molecular weight excluding hydrogens is 252 g/mol. The molecule has 0 unspecified atom stereocenters. The minimum absolute atomic E-state index is 0.0456. The minimum Gasteiger partial charge on any atom is -0.545 e. The van der Waals surface area contributed by atoms with Crippen LogP contribution in [-0.2, 0) is 16.0 Å². The number of rotatable bonds is 6. The van der Waals surface area contributed by atoms with Gasteiger partial charge in [-0.25, -0.2) is 4.79 Å². The standard InChI is InChI=1S/C13H12O6/c1-2-10(14)19-7-6-8-4-3-5-9(12(15)16)11(8)13(17)18/h2-5H,1,6-7H2,(H,15,16)(H,17,18)/p-2. The highest BCUT2D eigenvalue weighted by molar-refractivity contribution is 6.01. The molecule has 0 saturated heterocycles. The molecular formula is C13H10O6-2. The van der Waals surface area contributed by atoms with Crippen molar-refractivity contribution in [2.45, 2.75) is 6.42 Å². The quantitative estimate of drug-likeness (QED) is 0.465. The summed E-state index contributed by atoms with van der Waals surface area (Å²) in [4.78, 5) is 32.6. The van der Waals surface area contributed by atoms with E-state index in [0.29, 0.717) is 0 Å². The Labute approximate surface area is 108 Å². The number of carboxylic acids is 2. The number of esters is 1. The van der Waals surface area contributed by atoms with E-state index in [-0.39, 0.29) is 18.6 Å². The maximum Gasteiger partial charge on any atom is 0.330 e. The van der Waals surface area contributed by atoms with Crippen molar-refractivity contribution < 1.29 is 29.3 Å². The first-order chi connectivity index (χ1) is 8.97.